The van der Waals surface area contributed by atoms with Gasteiger partial charge in [-0.2, -0.15) is 0 Å². The number of hydrogen-bond donors (Lipinski definition) is 1. The molecule has 2 saturated carbocycles. The summed E-state index contributed by atoms with van der Waals surface area (Å²) in [4.78, 5) is 0. The summed E-state index contributed by atoms with van der Waals surface area (Å²) < 4.78 is 0. The van der Waals surface area contributed by atoms with E-state index in [0.29, 0.717) is 6.04 Å². The molecule has 0 aliphatic heterocycles. The molecule has 104 valence electrons. The summed E-state index contributed by atoms with van der Waals surface area (Å²) in [6.07, 6.45) is 5.84. The Morgan fingerprint density at radius 3 is 2.37 bits per heavy atom. The van der Waals surface area contributed by atoms with Crippen molar-refractivity contribution >= 4 is 0 Å². The monoisotopic (exact) mass is 257 g/mol. The molecule has 1 heteroatoms. The van der Waals surface area contributed by atoms with Crippen molar-refractivity contribution in [2.45, 2.75) is 65.5 Å². The van der Waals surface area contributed by atoms with Crippen molar-refractivity contribution in [1.29, 1.82) is 0 Å². The van der Waals surface area contributed by atoms with E-state index < -0.39 is 0 Å². The lowest BCUT2D eigenvalue weighted by molar-refractivity contribution is 0.326. The summed E-state index contributed by atoms with van der Waals surface area (Å²) >= 11 is 0. The van der Waals surface area contributed by atoms with Crippen molar-refractivity contribution in [3.63, 3.8) is 0 Å². The van der Waals surface area contributed by atoms with Crippen LogP contribution in [0, 0.1) is 32.6 Å². The number of rotatable bonds is 3. The fraction of sp³-hybridized carbons (Fsp3) is 0.667. The topological polar surface area (TPSA) is 12.0 Å². The minimum atomic E-state index is 0.489. The first-order chi connectivity index (χ1) is 9.04. The molecule has 2 aliphatic rings. The van der Waals surface area contributed by atoms with Crippen molar-refractivity contribution in [1.82, 2.24) is 5.32 Å². The second-order valence-electron chi connectivity index (χ2n) is 6.96. The molecular formula is C18H27N. The quantitative estimate of drug-likeness (QED) is 0.843. The van der Waals surface area contributed by atoms with Gasteiger partial charge in [-0.15, -0.1) is 0 Å². The molecule has 0 aromatic heterocycles. The first-order valence-electron chi connectivity index (χ1n) is 7.88. The maximum atomic E-state index is 3.91. The molecule has 1 aromatic carbocycles. The van der Waals surface area contributed by atoms with Gasteiger partial charge in [0.1, 0.15) is 0 Å². The van der Waals surface area contributed by atoms with E-state index in [1.807, 2.05) is 0 Å². The summed E-state index contributed by atoms with van der Waals surface area (Å²) in [5, 5.41) is 3.91. The Kier molecular flexibility index (Phi) is 3.42. The highest BCUT2D eigenvalue weighted by molar-refractivity contribution is 5.38. The van der Waals surface area contributed by atoms with E-state index in [4.69, 9.17) is 0 Å². The van der Waals surface area contributed by atoms with E-state index >= 15 is 0 Å². The van der Waals surface area contributed by atoms with Gasteiger partial charge in [-0.25, -0.2) is 0 Å². The zero-order valence-corrected chi connectivity index (χ0v) is 12.8. The molecule has 2 fully saturated rings. The Hall–Kier alpha value is -0.820. The number of benzene rings is 1. The summed E-state index contributed by atoms with van der Waals surface area (Å²) in [6.45, 7) is 9.02. The number of fused-ring (bicyclic) bond motifs is 2. The molecule has 4 unspecified atom stereocenters. The van der Waals surface area contributed by atoms with Crippen molar-refractivity contribution in [3.8, 4) is 0 Å². The Labute approximate surface area is 117 Å². The first-order valence-corrected chi connectivity index (χ1v) is 7.88. The minimum Gasteiger partial charge on any atom is -0.307 e. The lowest BCUT2D eigenvalue weighted by atomic mass is 9.92. The molecule has 2 bridgehead atoms. The van der Waals surface area contributed by atoms with Crippen LogP contribution in [0.3, 0.4) is 0 Å². The van der Waals surface area contributed by atoms with Crippen LogP contribution in [0.5, 0.6) is 0 Å². The summed E-state index contributed by atoms with van der Waals surface area (Å²) in [7, 11) is 0. The zero-order valence-electron chi connectivity index (χ0n) is 12.8. The standard InChI is InChI=1S/C18H27N/c1-11-7-13(3)17(8-12(11)2)14(4)19-18-10-15-5-6-16(18)9-15/h7-8,14-16,18-19H,5-6,9-10H2,1-4H3. The predicted octanol–water partition coefficient (Wildman–Crippen LogP) is 4.45. The predicted molar refractivity (Wildman–Crippen MR) is 81.4 cm³/mol. The lowest BCUT2D eigenvalue weighted by Crippen LogP contribution is -2.36. The van der Waals surface area contributed by atoms with Gasteiger partial charge < -0.3 is 5.32 Å². The SMILES string of the molecule is Cc1cc(C)c(C(C)NC2CC3CCC2C3)cc1C. The van der Waals surface area contributed by atoms with Crippen molar-refractivity contribution < 1.29 is 0 Å². The molecular weight excluding hydrogens is 230 g/mol. The van der Waals surface area contributed by atoms with Crippen LogP contribution in [-0.4, -0.2) is 6.04 Å². The van der Waals surface area contributed by atoms with E-state index in [1.54, 1.807) is 0 Å². The maximum Gasteiger partial charge on any atom is 0.0297 e. The summed E-state index contributed by atoms with van der Waals surface area (Å²) in [6, 6.07) is 5.98. The molecule has 3 rings (SSSR count). The second-order valence-corrected chi connectivity index (χ2v) is 6.96. The summed E-state index contributed by atoms with van der Waals surface area (Å²) in [5.74, 6) is 1.98. The maximum absolute atomic E-state index is 3.91. The molecule has 0 heterocycles. The second kappa shape index (κ2) is 4.94. The van der Waals surface area contributed by atoms with E-state index in [-0.39, 0.29) is 0 Å². The van der Waals surface area contributed by atoms with Crippen LogP contribution in [0.15, 0.2) is 12.1 Å². The van der Waals surface area contributed by atoms with Gasteiger partial charge in [0, 0.05) is 12.1 Å². The molecule has 0 amide bonds. The average molecular weight is 257 g/mol. The molecule has 19 heavy (non-hydrogen) atoms. The van der Waals surface area contributed by atoms with E-state index in [1.165, 1.54) is 47.9 Å². The molecule has 0 saturated heterocycles. The first kappa shape index (κ1) is 13.2. The van der Waals surface area contributed by atoms with Crippen LogP contribution in [0.2, 0.25) is 0 Å². The van der Waals surface area contributed by atoms with Gasteiger partial charge in [0.2, 0.25) is 0 Å². The van der Waals surface area contributed by atoms with E-state index in [0.717, 1.165) is 17.9 Å². The average Bonchev–Trinajstić information content (AvgIpc) is 2.95. The van der Waals surface area contributed by atoms with Gasteiger partial charge in [0.25, 0.3) is 0 Å². The van der Waals surface area contributed by atoms with Gasteiger partial charge in [-0.05, 0) is 81.0 Å². The fourth-order valence-corrected chi connectivity index (χ4v) is 4.31. The van der Waals surface area contributed by atoms with Crippen molar-refractivity contribution in [3.05, 3.63) is 34.4 Å². The smallest absolute Gasteiger partial charge is 0.0297 e. The van der Waals surface area contributed by atoms with Crippen LogP contribution in [0.4, 0.5) is 0 Å². The lowest BCUT2D eigenvalue weighted by Gasteiger charge is -2.28. The van der Waals surface area contributed by atoms with E-state index in [2.05, 4.69) is 45.1 Å². The summed E-state index contributed by atoms with van der Waals surface area (Å²) in [5.41, 5.74) is 5.76. The van der Waals surface area contributed by atoms with Crippen LogP contribution < -0.4 is 5.32 Å². The normalized spacial score (nSPS) is 30.8. The Balaban J connectivity index is 1.73. The van der Waals surface area contributed by atoms with Crippen LogP contribution in [0.25, 0.3) is 0 Å². The van der Waals surface area contributed by atoms with Gasteiger partial charge in [0.15, 0.2) is 0 Å². The minimum absolute atomic E-state index is 0.489. The van der Waals surface area contributed by atoms with Gasteiger partial charge >= 0.3 is 0 Å². The fourth-order valence-electron chi connectivity index (χ4n) is 4.31. The highest BCUT2D eigenvalue weighted by Crippen LogP contribution is 2.45. The van der Waals surface area contributed by atoms with Crippen LogP contribution in [0.1, 0.15) is 60.9 Å². The van der Waals surface area contributed by atoms with Gasteiger partial charge in [-0.3, -0.25) is 0 Å². The van der Waals surface area contributed by atoms with E-state index in [9.17, 15) is 0 Å². The van der Waals surface area contributed by atoms with Crippen molar-refractivity contribution in [2.75, 3.05) is 0 Å². The molecule has 0 spiro atoms. The van der Waals surface area contributed by atoms with Gasteiger partial charge in [-0.1, -0.05) is 18.6 Å². The molecule has 2 aliphatic carbocycles. The Morgan fingerprint density at radius 1 is 1.00 bits per heavy atom. The zero-order chi connectivity index (χ0) is 13.6. The van der Waals surface area contributed by atoms with Crippen molar-refractivity contribution in [2.24, 2.45) is 11.8 Å². The molecule has 0 radical (unpaired) electrons. The van der Waals surface area contributed by atoms with Crippen LogP contribution >= 0.6 is 0 Å². The number of hydrogen-bond acceptors (Lipinski definition) is 1. The third kappa shape index (κ3) is 2.45. The number of aryl methyl sites for hydroxylation is 3. The molecule has 1 N–H and O–H groups in total. The number of nitrogens with one attached hydrogen (secondary N) is 1. The third-order valence-electron chi connectivity index (χ3n) is 5.55. The Bertz CT molecular complexity index is 477. The highest BCUT2D eigenvalue weighted by Gasteiger charge is 2.39. The molecule has 1 aromatic rings. The Morgan fingerprint density at radius 2 is 1.74 bits per heavy atom. The highest BCUT2D eigenvalue weighted by atomic mass is 15.0. The largest absolute Gasteiger partial charge is 0.307 e. The molecule has 4 atom stereocenters. The third-order valence-corrected chi connectivity index (χ3v) is 5.55. The molecule has 1 nitrogen and oxygen atoms in total. The van der Waals surface area contributed by atoms with Crippen LogP contribution in [-0.2, 0) is 0 Å². The van der Waals surface area contributed by atoms with Gasteiger partial charge in [0.05, 0.1) is 0 Å².